The maximum atomic E-state index is 12.8. The Morgan fingerprint density at radius 1 is 1.24 bits per heavy atom. The predicted molar refractivity (Wildman–Crippen MR) is 129 cm³/mol. The molecular formula is C22H20Cl2N3O5S2+. The zero-order valence-corrected chi connectivity index (χ0v) is 20.8. The molecule has 3 heterocycles. The molecule has 1 saturated heterocycles. The Bertz CT molecular complexity index is 1180. The number of carbonyl (C=O) groups excluding carboxylic acids is 2. The first-order chi connectivity index (χ1) is 16.3. The number of aliphatic hydroxyl groups is 1. The van der Waals surface area contributed by atoms with Crippen molar-refractivity contribution in [1.29, 1.82) is 0 Å². The van der Waals surface area contributed by atoms with Crippen molar-refractivity contribution in [1.82, 2.24) is 10.2 Å². The van der Waals surface area contributed by atoms with Crippen LogP contribution in [0.4, 0.5) is 0 Å². The number of hydrogen-bond donors (Lipinski definition) is 3. The Kier molecular flexibility index (Phi) is 7.73. The molecule has 0 radical (unpaired) electrons. The molecule has 3 N–H and O–H groups in total. The van der Waals surface area contributed by atoms with Gasteiger partial charge in [0.15, 0.2) is 18.9 Å². The molecular weight excluding hydrogens is 521 g/mol. The van der Waals surface area contributed by atoms with E-state index in [1.165, 1.54) is 28.4 Å². The Morgan fingerprint density at radius 2 is 1.97 bits per heavy atom. The second-order valence-electron chi connectivity index (χ2n) is 7.61. The van der Waals surface area contributed by atoms with Crippen LogP contribution in [0.15, 0.2) is 58.9 Å². The SMILES string of the molecule is O=C(CSc1cc(Cl)ccc1Cl)N[C@H]1C(=O)N2C(C(=O)O)=C(C[n+]3ccc(CO)cc3)CS[C@H]12. The third-order valence-corrected chi connectivity index (χ3v) is 8.41. The molecule has 2 aliphatic heterocycles. The zero-order valence-electron chi connectivity index (χ0n) is 17.6. The summed E-state index contributed by atoms with van der Waals surface area (Å²) < 4.78 is 1.79. The van der Waals surface area contributed by atoms with Gasteiger partial charge in [-0.05, 0) is 23.8 Å². The number of rotatable bonds is 8. The van der Waals surface area contributed by atoms with Crippen LogP contribution in [0.3, 0.4) is 0 Å². The van der Waals surface area contributed by atoms with Crippen molar-refractivity contribution in [3.8, 4) is 0 Å². The smallest absolute Gasteiger partial charge is 0.352 e. The quantitative estimate of drug-likeness (QED) is 0.267. The van der Waals surface area contributed by atoms with Crippen molar-refractivity contribution in [3.63, 3.8) is 0 Å². The summed E-state index contributed by atoms with van der Waals surface area (Å²) in [6, 6.07) is 7.66. The lowest BCUT2D eigenvalue weighted by atomic mass is 10.0. The van der Waals surface area contributed by atoms with Crippen LogP contribution in [-0.4, -0.2) is 55.8 Å². The summed E-state index contributed by atoms with van der Waals surface area (Å²) >= 11 is 14.7. The fraction of sp³-hybridized carbons (Fsp3) is 0.273. The van der Waals surface area contributed by atoms with E-state index < -0.39 is 23.3 Å². The minimum Gasteiger partial charge on any atom is -0.477 e. The fourth-order valence-electron chi connectivity index (χ4n) is 3.67. The lowest BCUT2D eigenvalue weighted by molar-refractivity contribution is -0.689. The number of nitrogens with zero attached hydrogens (tertiary/aromatic N) is 2. The lowest BCUT2D eigenvalue weighted by Gasteiger charge is -2.49. The Labute approximate surface area is 213 Å². The van der Waals surface area contributed by atoms with Crippen molar-refractivity contribution < 1.29 is 29.2 Å². The molecule has 0 aliphatic carbocycles. The van der Waals surface area contributed by atoms with Gasteiger partial charge in [0, 0.05) is 33.4 Å². The normalized spacial score (nSPS) is 19.5. The first-order valence-corrected chi connectivity index (χ1v) is 12.9. The molecule has 12 heteroatoms. The van der Waals surface area contributed by atoms with Gasteiger partial charge in [-0.1, -0.05) is 23.2 Å². The van der Waals surface area contributed by atoms with E-state index in [1.807, 2.05) is 0 Å². The second-order valence-corrected chi connectivity index (χ2v) is 10.6. The second kappa shape index (κ2) is 10.6. The number of carboxylic acid groups (broad SMARTS) is 1. The number of fused-ring (bicyclic) bond motifs is 1. The summed E-state index contributed by atoms with van der Waals surface area (Å²) in [7, 11) is 0. The van der Waals surface area contributed by atoms with Crippen LogP contribution in [0.25, 0.3) is 0 Å². The number of pyridine rings is 1. The third-order valence-electron chi connectivity index (χ3n) is 5.33. The Morgan fingerprint density at radius 3 is 2.65 bits per heavy atom. The largest absolute Gasteiger partial charge is 0.477 e. The van der Waals surface area contributed by atoms with Gasteiger partial charge in [0.1, 0.15) is 17.1 Å². The number of halogens is 2. The Balaban J connectivity index is 1.42. The highest BCUT2D eigenvalue weighted by molar-refractivity contribution is 8.00. The first kappa shape index (κ1) is 24.9. The molecule has 2 aliphatic rings. The highest BCUT2D eigenvalue weighted by atomic mass is 35.5. The maximum Gasteiger partial charge on any atom is 0.352 e. The van der Waals surface area contributed by atoms with Gasteiger partial charge in [-0.25, -0.2) is 9.36 Å². The molecule has 2 atom stereocenters. The fourth-order valence-corrected chi connectivity index (χ4v) is 6.31. The van der Waals surface area contributed by atoms with Gasteiger partial charge in [-0.15, -0.1) is 23.5 Å². The van der Waals surface area contributed by atoms with Crippen LogP contribution in [-0.2, 0) is 27.5 Å². The van der Waals surface area contributed by atoms with Crippen LogP contribution in [0.2, 0.25) is 10.0 Å². The number of benzene rings is 1. The Hall–Kier alpha value is -2.24. The van der Waals surface area contributed by atoms with Crippen molar-refractivity contribution >= 4 is 64.5 Å². The number of hydrogen-bond acceptors (Lipinski definition) is 6. The summed E-state index contributed by atoms with van der Waals surface area (Å²) in [6.07, 6.45) is 3.50. The van der Waals surface area contributed by atoms with Gasteiger partial charge < -0.3 is 15.5 Å². The molecule has 0 spiro atoms. The molecule has 8 nitrogen and oxygen atoms in total. The van der Waals surface area contributed by atoms with E-state index in [-0.39, 0.29) is 24.0 Å². The molecule has 2 aromatic rings. The van der Waals surface area contributed by atoms with Crippen molar-refractivity contribution in [2.45, 2.75) is 29.5 Å². The number of thioether (sulfide) groups is 2. The van der Waals surface area contributed by atoms with Gasteiger partial charge in [-0.3, -0.25) is 14.5 Å². The van der Waals surface area contributed by atoms with E-state index in [2.05, 4.69) is 5.32 Å². The van der Waals surface area contributed by atoms with Gasteiger partial charge >= 0.3 is 5.97 Å². The summed E-state index contributed by atoms with van der Waals surface area (Å²) in [6.45, 7) is 0.215. The van der Waals surface area contributed by atoms with Crippen LogP contribution < -0.4 is 9.88 Å². The first-order valence-electron chi connectivity index (χ1n) is 10.1. The molecule has 1 aromatic carbocycles. The number of nitrogens with one attached hydrogen (secondary N) is 1. The third kappa shape index (κ3) is 5.21. The summed E-state index contributed by atoms with van der Waals surface area (Å²) in [5.41, 5.74) is 1.30. The molecule has 0 saturated carbocycles. The summed E-state index contributed by atoms with van der Waals surface area (Å²) in [5, 5.41) is 22.2. The number of aromatic nitrogens is 1. The summed E-state index contributed by atoms with van der Waals surface area (Å²) in [5.74, 6) is -1.55. The van der Waals surface area contributed by atoms with E-state index >= 15 is 0 Å². The van der Waals surface area contributed by atoms with E-state index in [0.29, 0.717) is 32.8 Å². The average Bonchev–Trinajstić information content (AvgIpc) is 2.83. The molecule has 1 aromatic heterocycles. The molecule has 178 valence electrons. The lowest BCUT2D eigenvalue weighted by Crippen LogP contribution is -2.70. The van der Waals surface area contributed by atoms with Gasteiger partial charge in [-0.2, -0.15) is 0 Å². The molecule has 34 heavy (non-hydrogen) atoms. The minimum absolute atomic E-state index is 0.0363. The van der Waals surface area contributed by atoms with Gasteiger partial charge in [0.25, 0.3) is 5.91 Å². The molecule has 1 fully saturated rings. The molecule has 4 rings (SSSR count). The van der Waals surface area contributed by atoms with Gasteiger partial charge in [0.2, 0.25) is 5.91 Å². The van der Waals surface area contributed by atoms with Crippen LogP contribution in [0, 0.1) is 0 Å². The number of amides is 2. The monoisotopic (exact) mass is 540 g/mol. The van der Waals surface area contributed by atoms with E-state index in [0.717, 1.165) is 5.56 Å². The summed E-state index contributed by atoms with van der Waals surface area (Å²) in [4.78, 5) is 39.2. The van der Waals surface area contributed by atoms with E-state index in [9.17, 15) is 24.6 Å². The highest BCUT2D eigenvalue weighted by Gasteiger charge is 2.54. The zero-order chi connectivity index (χ0) is 24.4. The number of aliphatic carboxylic acids is 1. The van der Waals surface area contributed by atoms with Crippen molar-refractivity contribution in [2.75, 3.05) is 11.5 Å². The van der Waals surface area contributed by atoms with E-state index in [1.54, 1.807) is 47.3 Å². The van der Waals surface area contributed by atoms with Crippen LogP contribution >= 0.6 is 46.7 Å². The molecule has 0 unspecified atom stereocenters. The molecule has 0 bridgehead atoms. The number of carbonyl (C=O) groups is 3. The van der Waals surface area contributed by atoms with Crippen LogP contribution in [0.5, 0.6) is 0 Å². The molecule has 2 amide bonds. The van der Waals surface area contributed by atoms with Crippen molar-refractivity contribution in [2.24, 2.45) is 0 Å². The number of aliphatic hydroxyl groups excluding tert-OH is 1. The van der Waals surface area contributed by atoms with Crippen LogP contribution in [0.1, 0.15) is 5.56 Å². The highest BCUT2D eigenvalue weighted by Crippen LogP contribution is 2.40. The number of carboxylic acids is 1. The topological polar surface area (TPSA) is 111 Å². The number of β-lactam (4-membered cyclic amide) rings is 1. The predicted octanol–water partition coefficient (Wildman–Crippen LogP) is 2.30. The van der Waals surface area contributed by atoms with E-state index in [4.69, 9.17) is 23.2 Å². The van der Waals surface area contributed by atoms with Gasteiger partial charge in [0.05, 0.1) is 17.4 Å². The average molecular weight is 541 g/mol. The standard InChI is InChI=1S/C22H19Cl2N3O5S2/c23-14-1-2-15(24)16(7-14)33-11-17(29)25-18-20(30)27-19(22(31)32)13(10-34-21(18)27)8-26-5-3-12(9-28)4-6-26/h1-7,18,21,28H,8-11H2,(H-,25,29,31,32)/p+1/t18-,21+/m0/s1. The maximum absolute atomic E-state index is 12.8. The minimum atomic E-state index is -1.18. The van der Waals surface area contributed by atoms with Crippen molar-refractivity contribution in [3.05, 3.63) is 69.6 Å².